The largest absolute Gasteiger partial charge is 0.280 e. The van der Waals surface area contributed by atoms with Crippen LogP contribution in [0.15, 0.2) is 41.4 Å². The highest BCUT2D eigenvalue weighted by atomic mass is 14.7. The van der Waals surface area contributed by atoms with Gasteiger partial charge < -0.3 is 0 Å². The summed E-state index contributed by atoms with van der Waals surface area (Å²) < 4.78 is 0. The van der Waals surface area contributed by atoms with Crippen LogP contribution in [0, 0.1) is 0 Å². The number of nitrogens with zero attached hydrogens (tertiary/aromatic N) is 1. The van der Waals surface area contributed by atoms with E-state index in [1.807, 2.05) is 18.2 Å². The van der Waals surface area contributed by atoms with Crippen molar-refractivity contribution in [3.05, 3.63) is 47.0 Å². The van der Waals surface area contributed by atoms with Crippen LogP contribution in [-0.4, -0.2) is 6.54 Å². The van der Waals surface area contributed by atoms with Crippen LogP contribution in [0.4, 0.5) is 0 Å². The second-order valence-electron chi connectivity index (χ2n) is 2.68. The quantitative estimate of drug-likeness (QED) is 0.506. The van der Waals surface area contributed by atoms with Gasteiger partial charge in [-0.3, -0.25) is 4.99 Å². The Hall–Kier alpha value is -1.37. The minimum absolute atomic E-state index is 0.747. The molecule has 0 N–H and O–H groups in total. The van der Waals surface area contributed by atoms with Crippen LogP contribution in [0.2, 0.25) is 0 Å². The Kier molecular flexibility index (Phi) is 1.35. The van der Waals surface area contributed by atoms with Gasteiger partial charge in [-0.2, -0.15) is 0 Å². The van der Waals surface area contributed by atoms with Crippen LogP contribution in [0.1, 0.15) is 0 Å². The lowest BCUT2D eigenvalue weighted by Crippen LogP contribution is -2.27. The molecular weight excluding hydrogens is 134 g/mol. The Bertz CT molecular complexity index is 401. The van der Waals surface area contributed by atoms with Gasteiger partial charge >= 0.3 is 0 Å². The third-order valence-electron chi connectivity index (χ3n) is 1.75. The summed E-state index contributed by atoms with van der Waals surface area (Å²) in [6, 6.07) is 8.11. The summed E-state index contributed by atoms with van der Waals surface area (Å²) in [5.74, 6) is 0. The lowest BCUT2D eigenvalue weighted by atomic mass is 10.1. The van der Waals surface area contributed by atoms with Gasteiger partial charge in [0.25, 0.3) is 0 Å². The van der Waals surface area contributed by atoms with Gasteiger partial charge in [-0.25, -0.2) is 0 Å². The first-order chi connectivity index (χ1) is 5.36. The molecule has 0 aromatic heterocycles. The summed E-state index contributed by atoms with van der Waals surface area (Å²) in [5.41, 5.74) is 1.09. The molecule has 1 nitrogen and oxygen atoms in total. The van der Waals surface area contributed by atoms with Crippen molar-refractivity contribution in [2.45, 2.75) is 0 Å². The second kappa shape index (κ2) is 2.35. The van der Waals surface area contributed by atoms with Crippen LogP contribution in [0.5, 0.6) is 0 Å². The van der Waals surface area contributed by atoms with E-state index < -0.39 is 0 Å². The van der Waals surface area contributed by atoms with Crippen molar-refractivity contribution < 1.29 is 0 Å². The van der Waals surface area contributed by atoms with E-state index in [2.05, 4.69) is 23.7 Å². The Labute approximate surface area is 65.4 Å². The number of para-hydroxylation sites is 1. The number of hydrogen-bond donors (Lipinski definition) is 0. The van der Waals surface area contributed by atoms with E-state index in [1.165, 1.54) is 5.22 Å². The van der Waals surface area contributed by atoms with Crippen molar-refractivity contribution in [3.63, 3.8) is 0 Å². The highest BCUT2D eigenvalue weighted by Crippen LogP contribution is 1.93. The zero-order valence-corrected chi connectivity index (χ0v) is 6.25. The summed E-state index contributed by atoms with van der Waals surface area (Å²) in [7, 11) is 0. The van der Waals surface area contributed by atoms with E-state index in [0.717, 1.165) is 17.5 Å². The average molecular weight is 143 g/mol. The molecule has 2 rings (SSSR count). The van der Waals surface area contributed by atoms with Crippen LogP contribution in [0.3, 0.4) is 0 Å². The molecule has 0 fully saturated rings. The van der Waals surface area contributed by atoms with E-state index in [4.69, 9.17) is 0 Å². The van der Waals surface area contributed by atoms with Crippen molar-refractivity contribution in [2.75, 3.05) is 6.54 Å². The van der Waals surface area contributed by atoms with Crippen LogP contribution < -0.4 is 10.6 Å². The molecule has 1 aliphatic heterocycles. The van der Waals surface area contributed by atoms with Gasteiger partial charge in [0.05, 0.1) is 11.9 Å². The topological polar surface area (TPSA) is 12.4 Å². The summed E-state index contributed by atoms with van der Waals surface area (Å²) >= 11 is 0. The fourth-order valence-electron chi connectivity index (χ4n) is 1.21. The van der Waals surface area contributed by atoms with Crippen LogP contribution in [-0.2, 0) is 0 Å². The highest BCUT2D eigenvalue weighted by Gasteiger charge is 1.94. The van der Waals surface area contributed by atoms with Crippen LogP contribution in [0.25, 0.3) is 6.08 Å². The van der Waals surface area contributed by atoms with Gasteiger partial charge in [-0.15, -0.1) is 0 Å². The fraction of sp³-hybridized carbons (Fsp3) is 0.100. The molecule has 0 unspecified atom stereocenters. The first-order valence-electron chi connectivity index (χ1n) is 3.65. The number of fused-ring (bicyclic) bond motifs is 1. The molecule has 0 bridgehead atoms. The van der Waals surface area contributed by atoms with Crippen LogP contribution >= 0.6 is 0 Å². The predicted octanol–water partition coefficient (Wildman–Crippen LogP) is 0.657. The van der Waals surface area contributed by atoms with E-state index in [9.17, 15) is 0 Å². The fourth-order valence-corrected chi connectivity index (χ4v) is 1.21. The molecule has 54 valence electrons. The predicted molar refractivity (Wildman–Crippen MR) is 45.7 cm³/mol. The molecule has 0 radical (unpaired) electrons. The molecule has 0 spiro atoms. The lowest BCUT2D eigenvalue weighted by molar-refractivity contribution is 1.08. The van der Waals surface area contributed by atoms with E-state index >= 15 is 0 Å². The first-order valence-corrected chi connectivity index (χ1v) is 3.65. The van der Waals surface area contributed by atoms with Gasteiger partial charge in [0.1, 0.15) is 0 Å². The van der Waals surface area contributed by atoms with Gasteiger partial charge in [-0.1, -0.05) is 24.8 Å². The molecule has 0 amide bonds. The Morgan fingerprint density at radius 1 is 1.27 bits per heavy atom. The monoisotopic (exact) mass is 143 g/mol. The van der Waals surface area contributed by atoms with E-state index in [-0.39, 0.29) is 0 Å². The molecule has 1 aliphatic rings. The molecule has 1 aromatic rings. The summed E-state index contributed by atoms with van der Waals surface area (Å²) in [5, 5.41) is 2.27. The van der Waals surface area contributed by atoms with Crippen molar-refractivity contribution in [2.24, 2.45) is 4.99 Å². The smallest absolute Gasteiger partial charge is 0.0650 e. The van der Waals surface area contributed by atoms with Gasteiger partial charge in [0.15, 0.2) is 0 Å². The van der Waals surface area contributed by atoms with Gasteiger partial charge in [0.2, 0.25) is 0 Å². The maximum absolute atomic E-state index is 4.34. The Morgan fingerprint density at radius 2 is 2.09 bits per heavy atom. The maximum Gasteiger partial charge on any atom is 0.0650 e. The molecule has 1 heterocycles. The summed E-state index contributed by atoms with van der Waals surface area (Å²) in [6.45, 7) is 4.61. The zero-order valence-electron chi connectivity index (χ0n) is 6.25. The minimum Gasteiger partial charge on any atom is -0.280 e. The Balaban J connectivity index is 2.83. The van der Waals surface area contributed by atoms with Crippen molar-refractivity contribution >= 4 is 6.08 Å². The molecule has 11 heavy (non-hydrogen) atoms. The highest BCUT2D eigenvalue weighted by molar-refractivity contribution is 5.46. The molecule has 0 saturated carbocycles. The molecule has 1 heteroatoms. The third kappa shape index (κ3) is 1.09. The standard InChI is InChI=1S/C10H9N/c1-8-6-9-4-2-3-5-10(9)11-7-8/h2-6H,1,7H2. The molecular formula is C10H9N. The molecule has 0 aliphatic carbocycles. The molecule has 1 aromatic carbocycles. The first kappa shape index (κ1) is 6.35. The maximum atomic E-state index is 4.34. The van der Waals surface area contributed by atoms with Gasteiger partial charge in [-0.05, 0) is 22.9 Å². The third-order valence-corrected chi connectivity index (χ3v) is 1.75. The van der Waals surface area contributed by atoms with E-state index in [1.54, 1.807) is 0 Å². The zero-order chi connectivity index (χ0) is 7.68. The number of hydrogen-bond acceptors (Lipinski definition) is 1. The normalized spacial score (nSPS) is 14.7. The number of rotatable bonds is 0. The van der Waals surface area contributed by atoms with E-state index in [0.29, 0.717) is 0 Å². The Morgan fingerprint density at radius 3 is 3.00 bits per heavy atom. The molecule has 0 saturated heterocycles. The lowest BCUT2D eigenvalue weighted by Gasteiger charge is -2.00. The van der Waals surface area contributed by atoms with Crippen molar-refractivity contribution in [1.29, 1.82) is 0 Å². The van der Waals surface area contributed by atoms with Crippen molar-refractivity contribution in [3.8, 4) is 0 Å². The minimum atomic E-state index is 0.747. The number of benzene rings is 1. The molecule has 0 atom stereocenters. The average Bonchev–Trinajstić information content (AvgIpc) is 2.04. The second-order valence-corrected chi connectivity index (χ2v) is 2.68. The van der Waals surface area contributed by atoms with Gasteiger partial charge in [0, 0.05) is 0 Å². The summed E-state index contributed by atoms with van der Waals surface area (Å²) in [4.78, 5) is 4.34. The summed E-state index contributed by atoms with van der Waals surface area (Å²) in [6.07, 6.45) is 2.09. The van der Waals surface area contributed by atoms with Crippen molar-refractivity contribution in [1.82, 2.24) is 0 Å². The SMILES string of the molecule is C=C1C=c2ccccc2=NC1.